The molecule has 0 radical (unpaired) electrons. The van der Waals surface area contributed by atoms with Crippen LogP contribution in [0.15, 0.2) is 0 Å². The first-order chi connectivity index (χ1) is 10.5. The van der Waals surface area contributed by atoms with Crippen LogP contribution in [0.5, 0.6) is 0 Å². The van der Waals surface area contributed by atoms with E-state index in [-0.39, 0.29) is 0 Å². The molecule has 0 bridgehead atoms. The summed E-state index contributed by atoms with van der Waals surface area (Å²) in [6.45, 7) is 7.23. The largest absolute Gasteiger partial charge is 0.481 e. The molecule has 0 spiro atoms. The van der Waals surface area contributed by atoms with Crippen molar-refractivity contribution in [2.45, 2.75) is 102 Å². The number of rotatable bonds is 11. The van der Waals surface area contributed by atoms with E-state index in [4.69, 9.17) is 4.43 Å². The smallest absolute Gasteiger partial charge is 0.309 e. The highest BCUT2D eigenvalue weighted by atomic mass is 28.4. The summed E-state index contributed by atoms with van der Waals surface area (Å²) in [4.78, 5) is 12.1. The van der Waals surface area contributed by atoms with Gasteiger partial charge >= 0.3 is 5.97 Å². The van der Waals surface area contributed by atoms with Crippen LogP contribution >= 0.6 is 0 Å². The van der Waals surface area contributed by atoms with Crippen molar-refractivity contribution < 1.29 is 14.3 Å². The van der Waals surface area contributed by atoms with Crippen LogP contribution in [-0.4, -0.2) is 26.0 Å². The second kappa shape index (κ2) is 9.71. The summed E-state index contributed by atoms with van der Waals surface area (Å²) in [6.07, 6.45) is 12.5. The van der Waals surface area contributed by atoms with Crippen molar-refractivity contribution in [3.8, 4) is 0 Å². The summed E-state index contributed by atoms with van der Waals surface area (Å²) >= 11 is 0. The summed E-state index contributed by atoms with van der Waals surface area (Å²) in [5, 5.41) is 9.40. The van der Waals surface area contributed by atoms with Gasteiger partial charge in [0.25, 0.3) is 0 Å². The molecule has 4 heteroatoms. The predicted octanol–water partition coefficient (Wildman–Crippen LogP) is 5.75. The molecular weight excluding hydrogens is 292 g/mol. The Kier molecular flexibility index (Phi) is 8.69. The fraction of sp³-hybridized carbons (Fsp3) is 0.944. The molecule has 0 aromatic rings. The Morgan fingerprint density at radius 2 is 1.73 bits per heavy atom. The van der Waals surface area contributed by atoms with Crippen molar-refractivity contribution in [2.24, 2.45) is 0 Å². The van der Waals surface area contributed by atoms with E-state index in [0.717, 1.165) is 44.8 Å². The van der Waals surface area contributed by atoms with Gasteiger partial charge in [-0.15, -0.1) is 0 Å². The fourth-order valence-corrected chi connectivity index (χ4v) is 8.32. The Hall–Kier alpha value is -0.353. The number of carboxylic acids is 1. The molecule has 2 atom stereocenters. The van der Waals surface area contributed by atoms with Gasteiger partial charge in [-0.25, -0.2) is 0 Å². The highest BCUT2D eigenvalue weighted by Gasteiger charge is 2.56. The first kappa shape index (κ1) is 19.7. The zero-order chi connectivity index (χ0) is 16.5. The predicted molar refractivity (Wildman–Crippen MR) is 94.8 cm³/mol. The summed E-state index contributed by atoms with van der Waals surface area (Å²) in [6, 6.07) is 1.02. The average Bonchev–Trinajstić information content (AvgIpc) is 2.50. The quantitative estimate of drug-likeness (QED) is 0.388. The highest BCUT2D eigenvalue weighted by molar-refractivity contribution is 6.79. The monoisotopic (exact) mass is 328 g/mol. The first-order valence-electron chi connectivity index (χ1n) is 9.40. The summed E-state index contributed by atoms with van der Waals surface area (Å²) < 4.78 is 6.15. The lowest BCUT2D eigenvalue weighted by molar-refractivity contribution is -0.142. The number of carbonyl (C=O) groups is 1. The van der Waals surface area contributed by atoms with Crippen LogP contribution in [0.3, 0.4) is 0 Å². The molecule has 1 fully saturated rings. The zero-order valence-electron chi connectivity index (χ0n) is 15.0. The molecule has 0 amide bonds. The molecule has 1 rings (SSSR count). The van der Waals surface area contributed by atoms with Crippen LogP contribution in [0.1, 0.15) is 84.5 Å². The molecular formula is C18H36O3Si. The lowest BCUT2D eigenvalue weighted by Crippen LogP contribution is -2.53. The third-order valence-corrected chi connectivity index (χ3v) is 10.7. The zero-order valence-corrected chi connectivity index (χ0v) is 16.0. The number of aliphatic carboxylic acids is 1. The normalized spacial score (nSPS) is 24.9. The van der Waals surface area contributed by atoms with Crippen molar-refractivity contribution in [3.05, 3.63) is 0 Å². The Bertz CT molecular complexity index is 326. The molecule has 2 unspecified atom stereocenters. The van der Waals surface area contributed by atoms with Crippen LogP contribution in [0.25, 0.3) is 0 Å². The molecule has 22 heavy (non-hydrogen) atoms. The van der Waals surface area contributed by atoms with Gasteiger partial charge < -0.3 is 9.53 Å². The van der Waals surface area contributed by atoms with Crippen molar-refractivity contribution in [1.29, 1.82) is 0 Å². The third kappa shape index (κ3) is 4.82. The third-order valence-electron chi connectivity index (χ3n) is 5.70. The minimum absolute atomic E-state index is 0.573. The van der Waals surface area contributed by atoms with E-state index in [1.165, 1.54) is 38.5 Å². The maximum Gasteiger partial charge on any atom is 0.309 e. The molecule has 0 aromatic carbocycles. The molecule has 1 aliphatic rings. The van der Waals surface area contributed by atoms with Crippen LogP contribution < -0.4 is 0 Å². The lowest BCUT2D eigenvalue weighted by atomic mass is 9.96. The summed E-state index contributed by atoms with van der Waals surface area (Å²) in [7, 11) is -2.16. The van der Waals surface area contributed by atoms with Crippen LogP contribution in [0, 0.1) is 0 Å². The molecule has 1 heterocycles. The van der Waals surface area contributed by atoms with Gasteiger partial charge in [-0.05, 0) is 31.9 Å². The van der Waals surface area contributed by atoms with Gasteiger partial charge in [0.05, 0.1) is 5.04 Å². The van der Waals surface area contributed by atoms with Crippen LogP contribution in [0.4, 0.5) is 0 Å². The van der Waals surface area contributed by atoms with Gasteiger partial charge in [-0.1, -0.05) is 65.2 Å². The molecule has 1 N–H and O–H groups in total. The van der Waals surface area contributed by atoms with Gasteiger partial charge in [0, 0.05) is 6.61 Å². The van der Waals surface area contributed by atoms with E-state index in [1.807, 2.05) is 6.92 Å². The second-order valence-electron chi connectivity index (χ2n) is 7.15. The molecule has 1 aliphatic heterocycles. The first-order valence-corrected chi connectivity index (χ1v) is 12.0. The van der Waals surface area contributed by atoms with E-state index >= 15 is 0 Å². The molecule has 0 aliphatic carbocycles. The van der Waals surface area contributed by atoms with Crippen LogP contribution in [0.2, 0.25) is 17.6 Å². The Morgan fingerprint density at radius 1 is 1.09 bits per heavy atom. The molecule has 130 valence electrons. The van der Waals surface area contributed by atoms with E-state index < -0.39 is 19.3 Å². The molecule has 0 saturated carbocycles. The minimum atomic E-state index is -2.16. The second-order valence-corrected chi connectivity index (χ2v) is 11.4. The van der Waals surface area contributed by atoms with Gasteiger partial charge in [0.1, 0.15) is 0 Å². The van der Waals surface area contributed by atoms with Crippen LogP contribution in [-0.2, 0) is 9.22 Å². The van der Waals surface area contributed by atoms with Crippen molar-refractivity contribution in [2.75, 3.05) is 6.61 Å². The summed E-state index contributed by atoms with van der Waals surface area (Å²) in [5.41, 5.74) is 0. The van der Waals surface area contributed by atoms with E-state index in [9.17, 15) is 9.90 Å². The van der Waals surface area contributed by atoms with Gasteiger partial charge in [-0.3, -0.25) is 4.79 Å². The maximum absolute atomic E-state index is 12.1. The SMILES string of the molecule is CCCCCCCCCC(CC)(C(=O)O)[Si]1(C)CCCCO1. The van der Waals surface area contributed by atoms with Gasteiger partial charge in [0.2, 0.25) is 8.32 Å². The minimum Gasteiger partial charge on any atom is -0.481 e. The molecule has 3 nitrogen and oxygen atoms in total. The van der Waals surface area contributed by atoms with E-state index in [2.05, 4.69) is 13.5 Å². The van der Waals surface area contributed by atoms with Gasteiger partial charge in [0.15, 0.2) is 0 Å². The highest BCUT2D eigenvalue weighted by Crippen LogP contribution is 2.50. The average molecular weight is 329 g/mol. The Balaban J connectivity index is 2.55. The van der Waals surface area contributed by atoms with E-state index in [1.54, 1.807) is 0 Å². The topological polar surface area (TPSA) is 46.5 Å². The lowest BCUT2D eigenvalue weighted by Gasteiger charge is -2.45. The number of unbranched alkanes of at least 4 members (excludes halogenated alkanes) is 6. The van der Waals surface area contributed by atoms with Crippen molar-refractivity contribution in [1.82, 2.24) is 0 Å². The van der Waals surface area contributed by atoms with E-state index in [0.29, 0.717) is 0 Å². The maximum atomic E-state index is 12.1. The standard InChI is InChI=1S/C18H36O3Si/c1-4-6-7-8-9-10-11-14-18(5-2,17(19)20)22(3)16-13-12-15-21-22/h4-16H2,1-3H3,(H,19,20). The number of hydrogen-bond acceptors (Lipinski definition) is 2. The Morgan fingerprint density at radius 3 is 2.23 bits per heavy atom. The van der Waals surface area contributed by atoms with Crippen molar-refractivity contribution >= 4 is 14.3 Å². The number of carboxylic acid groups (broad SMARTS) is 1. The summed E-state index contributed by atoms with van der Waals surface area (Å²) in [5.74, 6) is -0.600. The molecule has 1 saturated heterocycles. The number of hydrogen-bond donors (Lipinski definition) is 1. The van der Waals surface area contributed by atoms with Crippen molar-refractivity contribution in [3.63, 3.8) is 0 Å². The van der Waals surface area contributed by atoms with Gasteiger partial charge in [-0.2, -0.15) is 0 Å². The fourth-order valence-electron chi connectivity index (χ4n) is 3.99. The molecule has 0 aromatic heterocycles. The Labute approximate surface area is 138 Å².